The first-order valence-corrected chi connectivity index (χ1v) is 7.45. The number of aryl methyl sites for hydroxylation is 2. The van der Waals surface area contributed by atoms with Crippen LogP contribution in [0.3, 0.4) is 0 Å². The number of anilines is 1. The van der Waals surface area contributed by atoms with Crippen LogP contribution in [0.5, 0.6) is 0 Å². The number of nitrogens with zero attached hydrogens (tertiary/aromatic N) is 4. The number of hydrogen-bond donors (Lipinski definition) is 1. The average Bonchev–Trinajstić information content (AvgIpc) is 2.84. The topological polar surface area (TPSA) is 46.0 Å². The van der Waals surface area contributed by atoms with Crippen LogP contribution in [0.4, 0.5) is 5.82 Å². The van der Waals surface area contributed by atoms with E-state index in [0.29, 0.717) is 0 Å². The number of imidazole rings is 1. The van der Waals surface area contributed by atoms with Crippen LogP contribution in [0, 0.1) is 6.92 Å². The minimum Gasteiger partial charge on any atom is -0.352 e. The molecule has 0 aliphatic carbocycles. The van der Waals surface area contributed by atoms with Crippen LogP contribution in [0.15, 0.2) is 24.5 Å². The third-order valence-corrected chi connectivity index (χ3v) is 3.45. The summed E-state index contributed by atoms with van der Waals surface area (Å²) in [5.74, 6) is 2.03. The predicted octanol–water partition coefficient (Wildman–Crippen LogP) is 2.26. The van der Waals surface area contributed by atoms with Crippen molar-refractivity contribution < 1.29 is 0 Å². The van der Waals surface area contributed by atoms with Crippen molar-refractivity contribution in [3.8, 4) is 0 Å². The second-order valence-corrected chi connectivity index (χ2v) is 5.46. The number of hydrogen-bond acceptors (Lipinski definition) is 4. The fourth-order valence-corrected chi connectivity index (χ4v) is 2.27. The van der Waals surface area contributed by atoms with Gasteiger partial charge in [0.2, 0.25) is 0 Å². The maximum Gasteiger partial charge on any atom is 0.129 e. The molecular weight excluding hydrogens is 262 g/mol. The van der Waals surface area contributed by atoms with Gasteiger partial charge in [-0.2, -0.15) is 0 Å². The zero-order valence-corrected chi connectivity index (χ0v) is 13.4. The van der Waals surface area contributed by atoms with Gasteiger partial charge in [0.05, 0.1) is 6.54 Å². The summed E-state index contributed by atoms with van der Waals surface area (Å²) in [5, 5.41) is 3.44. The lowest BCUT2D eigenvalue weighted by Gasteiger charge is -2.19. The van der Waals surface area contributed by atoms with Crippen molar-refractivity contribution in [1.82, 2.24) is 19.9 Å². The van der Waals surface area contributed by atoms with Gasteiger partial charge in [-0.25, -0.2) is 9.97 Å². The molecule has 0 bridgehead atoms. The molecule has 0 atom stereocenters. The van der Waals surface area contributed by atoms with Crippen LogP contribution in [0.1, 0.15) is 30.4 Å². The molecule has 0 saturated carbocycles. The molecule has 0 radical (unpaired) electrons. The van der Waals surface area contributed by atoms with Gasteiger partial charge in [0.15, 0.2) is 0 Å². The van der Waals surface area contributed by atoms with Crippen molar-refractivity contribution in [1.29, 1.82) is 0 Å². The van der Waals surface area contributed by atoms with Gasteiger partial charge >= 0.3 is 0 Å². The van der Waals surface area contributed by atoms with Crippen molar-refractivity contribution in [2.24, 2.45) is 7.05 Å². The lowest BCUT2D eigenvalue weighted by atomic mass is 10.2. The molecule has 0 amide bonds. The quantitative estimate of drug-likeness (QED) is 0.794. The van der Waals surface area contributed by atoms with E-state index in [0.717, 1.165) is 43.4 Å². The summed E-state index contributed by atoms with van der Waals surface area (Å²) < 4.78 is 2.04. The normalized spacial score (nSPS) is 10.9. The van der Waals surface area contributed by atoms with Crippen molar-refractivity contribution in [3.05, 3.63) is 41.6 Å². The first kappa shape index (κ1) is 15.5. The summed E-state index contributed by atoms with van der Waals surface area (Å²) in [6, 6.07) is 4.29. The smallest absolute Gasteiger partial charge is 0.129 e. The fourth-order valence-electron chi connectivity index (χ4n) is 2.27. The monoisotopic (exact) mass is 287 g/mol. The van der Waals surface area contributed by atoms with Crippen LogP contribution in [-0.4, -0.2) is 28.1 Å². The lowest BCUT2D eigenvalue weighted by Crippen LogP contribution is -2.21. The molecule has 0 unspecified atom stereocenters. The molecule has 114 valence electrons. The molecule has 0 saturated heterocycles. The Labute approximate surface area is 127 Å². The standard InChI is InChI=1S/C16H25N5/c1-5-6-17-11-14-9-13(2)19-15(10-14)21(4)12-16-18-7-8-20(16)3/h7-10,17H,5-6,11-12H2,1-4H3. The molecule has 1 N–H and O–H groups in total. The second kappa shape index (κ2) is 7.22. The Balaban J connectivity index is 2.09. The molecule has 0 aliphatic rings. The fraction of sp³-hybridized carbons (Fsp3) is 0.500. The van der Waals surface area contributed by atoms with Crippen LogP contribution in [0.25, 0.3) is 0 Å². The molecule has 0 aromatic carbocycles. The van der Waals surface area contributed by atoms with E-state index < -0.39 is 0 Å². The molecule has 2 aromatic rings. The van der Waals surface area contributed by atoms with Crippen LogP contribution < -0.4 is 10.2 Å². The first-order valence-electron chi connectivity index (χ1n) is 7.45. The predicted molar refractivity (Wildman–Crippen MR) is 86.3 cm³/mol. The Kier molecular flexibility index (Phi) is 5.33. The van der Waals surface area contributed by atoms with Crippen LogP contribution in [-0.2, 0) is 20.1 Å². The van der Waals surface area contributed by atoms with Gasteiger partial charge in [0.25, 0.3) is 0 Å². The molecule has 21 heavy (non-hydrogen) atoms. The summed E-state index contributed by atoms with van der Waals surface area (Å²) in [7, 11) is 4.07. The Morgan fingerprint density at radius 3 is 2.81 bits per heavy atom. The molecule has 2 heterocycles. The van der Waals surface area contributed by atoms with Crippen molar-refractivity contribution in [3.63, 3.8) is 0 Å². The maximum atomic E-state index is 4.63. The third-order valence-electron chi connectivity index (χ3n) is 3.45. The Morgan fingerprint density at radius 1 is 1.33 bits per heavy atom. The molecule has 0 spiro atoms. The molecule has 2 aromatic heterocycles. The van der Waals surface area contributed by atoms with Crippen molar-refractivity contribution in [2.75, 3.05) is 18.5 Å². The second-order valence-electron chi connectivity index (χ2n) is 5.46. The van der Waals surface area contributed by atoms with E-state index in [1.165, 1.54) is 5.56 Å². The van der Waals surface area contributed by atoms with E-state index >= 15 is 0 Å². The van der Waals surface area contributed by atoms with E-state index in [-0.39, 0.29) is 0 Å². The summed E-state index contributed by atoms with van der Waals surface area (Å²) in [6.07, 6.45) is 4.94. The van der Waals surface area contributed by atoms with E-state index in [1.54, 1.807) is 0 Å². The van der Waals surface area contributed by atoms with E-state index in [4.69, 9.17) is 0 Å². The Morgan fingerprint density at radius 2 is 2.14 bits per heavy atom. The third kappa shape index (κ3) is 4.29. The molecule has 5 nitrogen and oxygen atoms in total. The summed E-state index contributed by atoms with van der Waals surface area (Å²) >= 11 is 0. The number of rotatable bonds is 7. The van der Waals surface area contributed by atoms with Gasteiger partial charge in [0.1, 0.15) is 11.6 Å². The molecule has 0 aliphatic heterocycles. The molecule has 2 rings (SSSR count). The molecular formula is C16H25N5. The highest BCUT2D eigenvalue weighted by Gasteiger charge is 2.08. The van der Waals surface area contributed by atoms with Crippen LogP contribution >= 0.6 is 0 Å². The highest BCUT2D eigenvalue weighted by atomic mass is 15.2. The summed E-state index contributed by atoms with van der Waals surface area (Å²) in [5.41, 5.74) is 2.32. The largest absolute Gasteiger partial charge is 0.352 e. The van der Waals surface area contributed by atoms with E-state index in [9.17, 15) is 0 Å². The van der Waals surface area contributed by atoms with Gasteiger partial charge in [-0.1, -0.05) is 6.92 Å². The van der Waals surface area contributed by atoms with Crippen molar-refractivity contribution in [2.45, 2.75) is 33.4 Å². The maximum absolute atomic E-state index is 4.63. The minimum absolute atomic E-state index is 0.752. The summed E-state index contributed by atoms with van der Waals surface area (Å²) in [6.45, 7) is 6.90. The van der Waals surface area contributed by atoms with Gasteiger partial charge < -0.3 is 14.8 Å². The SMILES string of the molecule is CCCNCc1cc(C)nc(N(C)Cc2nccn2C)c1. The zero-order chi connectivity index (χ0) is 15.2. The number of nitrogens with one attached hydrogen (secondary N) is 1. The average molecular weight is 287 g/mol. The van der Waals surface area contributed by atoms with Gasteiger partial charge in [-0.3, -0.25) is 0 Å². The van der Waals surface area contributed by atoms with Crippen molar-refractivity contribution >= 4 is 5.82 Å². The minimum atomic E-state index is 0.752. The lowest BCUT2D eigenvalue weighted by molar-refractivity contribution is 0.673. The number of aromatic nitrogens is 3. The van der Waals surface area contributed by atoms with Crippen LogP contribution in [0.2, 0.25) is 0 Å². The Bertz CT molecular complexity index is 576. The van der Waals surface area contributed by atoms with Gasteiger partial charge in [-0.05, 0) is 37.6 Å². The first-order chi connectivity index (χ1) is 10.1. The van der Waals surface area contributed by atoms with Gasteiger partial charge in [-0.15, -0.1) is 0 Å². The van der Waals surface area contributed by atoms with E-state index in [2.05, 4.69) is 46.3 Å². The Hall–Kier alpha value is -1.88. The van der Waals surface area contributed by atoms with Gasteiger partial charge in [0, 0.05) is 38.7 Å². The zero-order valence-electron chi connectivity index (χ0n) is 13.4. The summed E-state index contributed by atoms with van der Waals surface area (Å²) in [4.78, 5) is 11.1. The van der Waals surface area contributed by atoms with E-state index in [1.807, 2.05) is 30.9 Å². The highest BCUT2D eigenvalue weighted by Crippen LogP contribution is 2.15. The number of pyridine rings is 1. The highest BCUT2D eigenvalue weighted by molar-refractivity contribution is 5.42. The molecule has 0 fully saturated rings. The molecule has 5 heteroatoms.